The molecular weight excluding hydrogens is 216 g/mol. The van der Waals surface area contributed by atoms with Gasteiger partial charge in [0, 0.05) is 19.3 Å². The third-order valence-corrected chi connectivity index (χ3v) is 2.63. The van der Waals surface area contributed by atoms with Gasteiger partial charge >= 0.3 is 0 Å². The van der Waals surface area contributed by atoms with Crippen molar-refractivity contribution < 1.29 is 4.79 Å². The average molecular weight is 238 g/mol. The van der Waals surface area contributed by atoms with E-state index in [0.717, 1.165) is 18.7 Å². The molecule has 17 heavy (non-hydrogen) atoms. The van der Waals surface area contributed by atoms with Crippen LogP contribution in [0.25, 0.3) is 0 Å². The lowest BCUT2D eigenvalue weighted by Crippen LogP contribution is -2.27. The maximum Gasteiger partial charge on any atom is 0.271 e. The molecule has 5 heteroatoms. The Labute approximate surface area is 103 Å². The summed E-state index contributed by atoms with van der Waals surface area (Å²) in [6.45, 7) is 5.75. The van der Waals surface area contributed by atoms with Crippen molar-refractivity contribution in [1.82, 2.24) is 20.4 Å². The molecule has 0 radical (unpaired) electrons. The fraction of sp³-hybridized carbons (Fsp3) is 0.667. The Morgan fingerprint density at radius 3 is 2.71 bits per heavy atom. The third kappa shape index (κ3) is 3.85. The van der Waals surface area contributed by atoms with Crippen LogP contribution >= 0.6 is 0 Å². The summed E-state index contributed by atoms with van der Waals surface area (Å²) >= 11 is 0. The van der Waals surface area contributed by atoms with E-state index in [9.17, 15) is 4.79 Å². The molecule has 0 saturated carbocycles. The molecule has 0 fully saturated rings. The lowest BCUT2D eigenvalue weighted by atomic mass is 10.1. The van der Waals surface area contributed by atoms with E-state index in [-0.39, 0.29) is 5.91 Å². The Kier molecular flexibility index (Phi) is 5.15. The van der Waals surface area contributed by atoms with Crippen molar-refractivity contribution in [3.63, 3.8) is 0 Å². The SMILES string of the molecule is CNCCCNC(=O)c1cc(C(C)C)n(C)n1. The molecule has 1 rings (SSSR count). The first-order chi connectivity index (χ1) is 8.06. The van der Waals surface area contributed by atoms with Crippen LogP contribution in [-0.4, -0.2) is 35.8 Å². The molecule has 1 heterocycles. The number of hydrogen-bond acceptors (Lipinski definition) is 3. The van der Waals surface area contributed by atoms with Crippen molar-refractivity contribution in [1.29, 1.82) is 0 Å². The van der Waals surface area contributed by atoms with E-state index < -0.39 is 0 Å². The average Bonchev–Trinajstić information content (AvgIpc) is 2.66. The fourth-order valence-corrected chi connectivity index (χ4v) is 1.69. The number of hydrogen-bond donors (Lipinski definition) is 2. The van der Waals surface area contributed by atoms with Crippen molar-refractivity contribution in [3.8, 4) is 0 Å². The highest BCUT2D eigenvalue weighted by Crippen LogP contribution is 2.14. The second-order valence-corrected chi connectivity index (χ2v) is 4.45. The number of carbonyl (C=O) groups excluding carboxylic acids is 1. The Bertz CT molecular complexity index is 371. The minimum atomic E-state index is -0.0939. The molecule has 0 atom stereocenters. The minimum Gasteiger partial charge on any atom is -0.351 e. The van der Waals surface area contributed by atoms with E-state index >= 15 is 0 Å². The molecule has 0 aliphatic rings. The van der Waals surface area contributed by atoms with Crippen LogP contribution in [0.15, 0.2) is 6.07 Å². The van der Waals surface area contributed by atoms with Gasteiger partial charge in [0.05, 0.1) is 0 Å². The maximum atomic E-state index is 11.8. The number of carbonyl (C=O) groups is 1. The smallest absolute Gasteiger partial charge is 0.271 e. The second kappa shape index (κ2) is 6.39. The van der Waals surface area contributed by atoms with Crippen LogP contribution in [0.2, 0.25) is 0 Å². The molecule has 0 spiro atoms. The Morgan fingerprint density at radius 1 is 1.47 bits per heavy atom. The minimum absolute atomic E-state index is 0.0939. The van der Waals surface area contributed by atoms with Crippen molar-refractivity contribution in [2.45, 2.75) is 26.2 Å². The van der Waals surface area contributed by atoms with Crippen LogP contribution in [0.4, 0.5) is 0 Å². The van der Waals surface area contributed by atoms with E-state index in [2.05, 4.69) is 29.6 Å². The van der Waals surface area contributed by atoms with Crippen LogP contribution in [-0.2, 0) is 7.05 Å². The quantitative estimate of drug-likeness (QED) is 0.723. The van der Waals surface area contributed by atoms with E-state index in [1.807, 2.05) is 20.2 Å². The van der Waals surface area contributed by atoms with Crippen LogP contribution in [0.1, 0.15) is 42.4 Å². The van der Waals surface area contributed by atoms with Gasteiger partial charge in [0.2, 0.25) is 0 Å². The summed E-state index contributed by atoms with van der Waals surface area (Å²) in [5.41, 5.74) is 1.58. The van der Waals surface area contributed by atoms with Crippen molar-refractivity contribution in [2.75, 3.05) is 20.1 Å². The van der Waals surface area contributed by atoms with E-state index in [4.69, 9.17) is 0 Å². The zero-order chi connectivity index (χ0) is 12.8. The first-order valence-corrected chi connectivity index (χ1v) is 6.03. The van der Waals surface area contributed by atoms with Gasteiger partial charge in [-0.25, -0.2) is 0 Å². The third-order valence-electron chi connectivity index (χ3n) is 2.63. The predicted molar refractivity (Wildman–Crippen MR) is 68.2 cm³/mol. The zero-order valence-corrected chi connectivity index (χ0v) is 11.1. The van der Waals surface area contributed by atoms with Gasteiger partial charge in [0.1, 0.15) is 5.69 Å². The van der Waals surface area contributed by atoms with Gasteiger partial charge in [-0.05, 0) is 32.0 Å². The normalized spacial score (nSPS) is 10.9. The molecule has 1 aromatic heterocycles. The van der Waals surface area contributed by atoms with E-state index in [0.29, 0.717) is 18.2 Å². The number of aryl methyl sites for hydroxylation is 1. The van der Waals surface area contributed by atoms with Crippen LogP contribution in [0.5, 0.6) is 0 Å². The number of rotatable bonds is 6. The molecule has 0 aliphatic heterocycles. The first kappa shape index (κ1) is 13.7. The Hall–Kier alpha value is -1.36. The molecule has 96 valence electrons. The van der Waals surface area contributed by atoms with Gasteiger partial charge in [-0.2, -0.15) is 5.10 Å². The van der Waals surface area contributed by atoms with Gasteiger partial charge in [-0.15, -0.1) is 0 Å². The van der Waals surface area contributed by atoms with Gasteiger partial charge in [0.15, 0.2) is 0 Å². The summed E-state index contributed by atoms with van der Waals surface area (Å²) < 4.78 is 1.77. The lowest BCUT2D eigenvalue weighted by Gasteiger charge is -2.02. The van der Waals surface area contributed by atoms with E-state index in [1.54, 1.807) is 4.68 Å². The Morgan fingerprint density at radius 2 is 2.18 bits per heavy atom. The number of nitrogens with one attached hydrogen (secondary N) is 2. The topological polar surface area (TPSA) is 58.9 Å². The Balaban J connectivity index is 2.54. The molecule has 1 amide bonds. The zero-order valence-electron chi connectivity index (χ0n) is 11.1. The van der Waals surface area contributed by atoms with Gasteiger partial charge in [-0.3, -0.25) is 9.48 Å². The fourth-order valence-electron chi connectivity index (χ4n) is 1.69. The summed E-state index contributed by atoms with van der Waals surface area (Å²) in [7, 11) is 3.77. The number of aromatic nitrogens is 2. The largest absolute Gasteiger partial charge is 0.351 e. The van der Waals surface area contributed by atoms with Gasteiger partial charge in [-0.1, -0.05) is 13.8 Å². The second-order valence-electron chi connectivity index (χ2n) is 4.45. The maximum absolute atomic E-state index is 11.8. The molecule has 5 nitrogen and oxygen atoms in total. The monoisotopic (exact) mass is 238 g/mol. The molecule has 0 aromatic carbocycles. The number of nitrogens with zero attached hydrogens (tertiary/aromatic N) is 2. The standard InChI is InChI=1S/C12H22N4O/c1-9(2)11-8-10(15-16(11)4)12(17)14-7-5-6-13-3/h8-9,13H,5-7H2,1-4H3,(H,14,17). The summed E-state index contributed by atoms with van der Waals surface area (Å²) in [6.07, 6.45) is 0.923. The van der Waals surface area contributed by atoms with Crippen LogP contribution in [0, 0.1) is 0 Å². The first-order valence-electron chi connectivity index (χ1n) is 6.03. The van der Waals surface area contributed by atoms with Crippen molar-refractivity contribution in [2.24, 2.45) is 7.05 Å². The van der Waals surface area contributed by atoms with E-state index in [1.165, 1.54) is 0 Å². The molecule has 0 saturated heterocycles. The molecule has 1 aromatic rings. The molecule has 0 unspecified atom stereocenters. The molecule has 0 bridgehead atoms. The predicted octanol–water partition coefficient (Wildman–Crippen LogP) is 0.883. The highest BCUT2D eigenvalue weighted by Gasteiger charge is 2.13. The summed E-state index contributed by atoms with van der Waals surface area (Å²) in [5.74, 6) is 0.280. The number of amides is 1. The summed E-state index contributed by atoms with van der Waals surface area (Å²) in [4.78, 5) is 11.8. The summed E-state index contributed by atoms with van der Waals surface area (Å²) in [6, 6.07) is 1.86. The highest BCUT2D eigenvalue weighted by molar-refractivity contribution is 5.92. The van der Waals surface area contributed by atoms with Gasteiger partial charge in [0.25, 0.3) is 5.91 Å². The van der Waals surface area contributed by atoms with Crippen molar-refractivity contribution in [3.05, 3.63) is 17.5 Å². The molecular formula is C12H22N4O. The van der Waals surface area contributed by atoms with Crippen LogP contribution in [0.3, 0.4) is 0 Å². The highest BCUT2D eigenvalue weighted by atomic mass is 16.1. The molecule has 0 aliphatic carbocycles. The molecule has 2 N–H and O–H groups in total. The van der Waals surface area contributed by atoms with Crippen molar-refractivity contribution >= 4 is 5.91 Å². The van der Waals surface area contributed by atoms with Crippen LogP contribution < -0.4 is 10.6 Å². The lowest BCUT2D eigenvalue weighted by molar-refractivity contribution is 0.0947. The van der Waals surface area contributed by atoms with Gasteiger partial charge < -0.3 is 10.6 Å². The summed E-state index contributed by atoms with van der Waals surface area (Å²) in [5, 5.41) is 10.1.